The highest BCUT2D eigenvalue weighted by molar-refractivity contribution is 5.98. The molecular formula is C20H20FN5O2. The van der Waals surface area contributed by atoms with Crippen LogP contribution in [0.5, 0.6) is 0 Å². The van der Waals surface area contributed by atoms with Gasteiger partial charge in [0.1, 0.15) is 17.6 Å². The van der Waals surface area contributed by atoms with Crippen LogP contribution in [0.4, 0.5) is 16.2 Å². The zero-order valence-electron chi connectivity index (χ0n) is 15.4. The van der Waals surface area contributed by atoms with E-state index in [0.717, 1.165) is 25.9 Å². The van der Waals surface area contributed by atoms with E-state index >= 15 is 0 Å². The Morgan fingerprint density at radius 3 is 2.82 bits per heavy atom. The van der Waals surface area contributed by atoms with Gasteiger partial charge in [-0.2, -0.15) is 10.2 Å². The Kier molecular flexibility index (Phi) is 4.59. The monoisotopic (exact) mass is 381 g/mol. The minimum Gasteiger partial charge on any atom is -0.342 e. The van der Waals surface area contributed by atoms with Gasteiger partial charge >= 0.3 is 0 Å². The van der Waals surface area contributed by atoms with Gasteiger partial charge < -0.3 is 10.2 Å². The van der Waals surface area contributed by atoms with Crippen LogP contribution in [0.3, 0.4) is 0 Å². The van der Waals surface area contributed by atoms with E-state index in [1.165, 1.54) is 18.2 Å². The number of amides is 1. The topological polar surface area (TPSA) is 102 Å². The van der Waals surface area contributed by atoms with Crippen LogP contribution in [0.1, 0.15) is 36.8 Å². The Morgan fingerprint density at radius 2 is 2.11 bits per heavy atom. The van der Waals surface area contributed by atoms with Crippen molar-refractivity contribution >= 4 is 17.7 Å². The number of fused-ring (bicyclic) bond motifs is 1. The zero-order chi connectivity index (χ0) is 19.8. The predicted molar refractivity (Wildman–Crippen MR) is 101 cm³/mol. The van der Waals surface area contributed by atoms with Gasteiger partial charge in [-0.3, -0.25) is 14.6 Å². The Morgan fingerprint density at radius 1 is 1.32 bits per heavy atom. The average molecular weight is 381 g/mol. The lowest BCUT2D eigenvalue weighted by atomic mass is 9.79. The number of nitrogens with zero attached hydrogens (tertiary/aromatic N) is 3. The number of carbonyl (C=O) groups is 1. The molecule has 0 aliphatic carbocycles. The quantitative estimate of drug-likeness (QED) is 0.832. The number of piperidine rings is 1. The maximum Gasteiger partial charge on any atom is 0.258 e. The summed E-state index contributed by atoms with van der Waals surface area (Å²) in [7, 11) is 0. The van der Waals surface area contributed by atoms with E-state index in [4.69, 9.17) is 0 Å². The highest BCUT2D eigenvalue weighted by Crippen LogP contribution is 2.39. The van der Waals surface area contributed by atoms with Gasteiger partial charge in [-0.1, -0.05) is 25.1 Å². The molecule has 3 atom stereocenters. The van der Waals surface area contributed by atoms with Crippen LogP contribution in [0.2, 0.25) is 0 Å². The maximum atomic E-state index is 14.5. The molecule has 4 rings (SSSR count). The van der Waals surface area contributed by atoms with Crippen molar-refractivity contribution in [3.8, 4) is 6.07 Å². The first-order valence-electron chi connectivity index (χ1n) is 9.33. The van der Waals surface area contributed by atoms with E-state index in [2.05, 4.69) is 22.2 Å². The number of hydrogen-bond donors (Lipinski definition) is 2. The number of hydrogen-bond acceptors (Lipinski definition) is 5. The van der Waals surface area contributed by atoms with E-state index in [-0.39, 0.29) is 16.9 Å². The van der Waals surface area contributed by atoms with Crippen molar-refractivity contribution in [2.75, 3.05) is 23.3 Å². The number of nitriles is 1. The second kappa shape index (κ2) is 7.08. The molecule has 8 heteroatoms. The molecule has 1 fully saturated rings. The number of rotatable bonds is 2. The van der Waals surface area contributed by atoms with Crippen LogP contribution >= 0.6 is 0 Å². The lowest BCUT2D eigenvalue weighted by Gasteiger charge is -2.33. The molecule has 3 heterocycles. The van der Waals surface area contributed by atoms with E-state index in [9.17, 15) is 19.2 Å². The van der Waals surface area contributed by atoms with Crippen LogP contribution in [0.15, 0.2) is 29.1 Å². The van der Waals surface area contributed by atoms with Crippen LogP contribution in [0, 0.1) is 29.0 Å². The van der Waals surface area contributed by atoms with Crippen LogP contribution in [0.25, 0.3) is 0 Å². The van der Waals surface area contributed by atoms with Gasteiger partial charge in [-0.15, -0.1) is 0 Å². The molecule has 1 saturated heterocycles. The molecule has 2 N–H and O–H groups in total. The molecule has 1 amide bonds. The van der Waals surface area contributed by atoms with E-state index in [0.29, 0.717) is 11.9 Å². The summed E-state index contributed by atoms with van der Waals surface area (Å²) in [5, 5.41) is 12.1. The van der Waals surface area contributed by atoms with Crippen molar-refractivity contribution in [1.82, 2.24) is 9.97 Å². The second-order valence-corrected chi connectivity index (χ2v) is 7.44. The number of H-pyrrole nitrogens is 1. The first kappa shape index (κ1) is 18.2. The van der Waals surface area contributed by atoms with Gasteiger partial charge in [0, 0.05) is 19.0 Å². The first-order valence-corrected chi connectivity index (χ1v) is 9.33. The summed E-state index contributed by atoms with van der Waals surface area (Å²) in [5.41, 5.74) is -0.214. The van der Waals surface area contributed by atoms with Gasteiger partial charge in [0.25, 0.3) is 5.56 Å². The lowest BCUT2D eigenvalue weighted by Crippen LogP contribution is -2.41. The molecule has 0 spiro atoms. The molecular weight excluding hydrogens is 361 g/mol. The fraction of sp³-hybridized carbons (Fsp3) is 0.400. The van der Waals surface area contributed by atoms with E-state index in [1.54, 1.807) is 6.07 Å². The third kappa shape index (κ3) is 3.03. The highest BCUT2D eigenvalue weighted by atomic mass is 19.1. The molecule has 144 valence electrons. The smallest absolute Gasteiger partial charge is 0.258 e. The number of nitrogens with one attached hydrogen (secondary N) is 2. The summed E-state index contributed by atoms with van der Waals surface area (Å²) >= 11 is 0. The normalized spacial score (nSPS) is 24.2. The minimum absolute atomic E-state index is 0.0988. The van der Waals surface area contributed by atoms with Crippen molar-refractivity contribution in [2.24, 2.45) is 11.8 Å². The van der Waals surface area contributed by atoms with Gasteiger partial charge in [-0.25, -0.2) is 4.39 Å². The molecule has 2 aliphatic rings. The number of halogens is 1. The van der Waals surface area contributed by atoms with Gasteiger partial charge in [0.2, 0.25) is 11.9 Å². The Balaban J connectivity index is 1.85. The third-order valence-corrected chi connectivity index (χ3v) is 5.45. The van der Waals surface area contributed by atoms with E-state index in [1.807, 2.05) is 11.0 Å². The average Bonchev–Trinajstić information content (AvgIpc) is 2.67. The number of carbonyl (C=O) groups excluding carboxylic acids is 1. The summed E-state index contributed by atoms with van der Waals surface area (Å²) < 4.78 is 14.5. The molecule has 0 saturated carbocycles. The van der Waals surface area contributed by atoms with Crippen LogP contribution in [-0.4, -0.2) is 29.0 Å². The molecule has 2 aliphatic heterocycles. The van der Waals surface area contributed by atoms with Crippen LogP contribution < -0.4 is 15.8 Å². The SMILES string of the molecule is CC1CCCN(c2nc3c(c(=O)[nH]2)C(c2ccccc2F)C(C#N)C(=O)N3)C1. The van der Waals surface area contributed by atoms with Crippen molar-refractivity contribution in [1.29, 1.82) is 5.26 Å². The summed E-state index contributed by atoms with van der Waals surface area (Å²) in [6, 6.07) is 7.79. The van der Waals surface area contributed by atoms with Crippen molar-refractivity contribution in [3.05, 3.63) is 51.6 Å². The molecule has 0 radical (unpaired) electrons. The van der Waals surface area contributed by atoms with Crippen LogP contribution in [-0.2, 0) is 4.79 Å². The standard InChI is InChI=1S/C20H20FN5O2/c1-11-5-4-8-26(10-11)20-24-17-16(19(28)25-20)15(13(9-22)18(27)23-17)12-6-2-3-7-14(12)21/h2-3,6-7,11,13,15H,4-5,8,10H2,1H3,(H2,23,24,25,27,28). The molecule has 28 heavy (non-hydrogen) atoms. The van der Waals surface area contributed by atoms with Crippen molar-refractivity contribution < 1.29 is 9.18 Å². The summed E-state index contributed by atoms with van der Waals surface area (Å²) in [6.07, 6.45) is 2.10. The maximum absolute atomic E-state index is 14.5. The highest BCUT2D eigenvalue weighted by Gasteiger charge is 2.41. The van der Waals surface area contributed by atoms with Crippen molar-refractivity contribution in [2.45, 2.75) is 25.7 Å². The molecule has 2 aromatic rings. The Labute approximate surface area is 161 Å². The Hall–Kier alpha value is -3.21. The minimum atomic E-state index is -1.21. The number of benzene rings is 1. The molecule has 3 unspecified atom stereocenters. The molecule has 1 aromatic carbocycles. The van der Waals surface area contributed by atoms with Crippen molar-refractivity contribution in [3.63, 3.8) is 0 Å². The fourth-order valence-corrected chi connectivity index (χ4v) is 4.09. The second-order valence-electron chi connectivity index (χ2n) is 7.44. The molecule has 1 aromatic heterocycles. The summed E-state index contributed by atoms with van der Waals surface area (Å²) in [6.45, 7) is 3.65. The molecule has 7 nitrogen and oxygen atoms in total. The third-order valence-electron chi connectivity index (χ3n) is 5.45. The number of anilines is 2. The predicted octanol–water partition coefficient (Wildman–Crippen LogP) is 2.37. The van der Waals surface area contributed by atoms with Gasteiger partial charge in [0.05, 0.1) is 11.6 Å². The fourth-order valence-electron chi connectivity index (χ4n) is 4.09. The first-order chi connectivity index (χ1) is 13.5. The largest absolute Gasteiger partial charge is 0.342 e. The summed E-state index contributed by atoms with van der Waals surface area (Å²) in [5.74, 6) is -2.42. The Bertz CT molecular complexity index is 1030. The lowest BCUT2D eigenvalue weighted by molar-refractivity contribution is -0.119. The van der Waals surface area contributed by atoms with Gasteiger partial charge in [-0.05, 0) is 30.4 Å². The van der Waals surface area contributed by atoms with E-state index < -0.39 is 29.1 Å². The zero-order valence-corrected chi connectivity index (χ0v) is 15.4. The number of aromatic amines is 1. The van der Waals surface area contributed by atoms with Gasteiger partial charge in [0.15, 0.2) is 0 Å². The molecule has 0 bridgehead atoms. The number of aromatic nitrogens is 2. The summed E-state index contributed by atoms with van der Waals surface area (Å²) in [4.78, 5) is 34.7.